The zero-order chi connectivity index (χ0) is 9.64. The molecule has 1 aromatic carbocycles. The minimum atomic E-state index is 0.531. The van der Waals surface area contributed by atoms with Crippen molar-refractivity contribution >= 4 is 0 Å². The Bertz CT molecular complexity index is 325. The molecule has 0 radical (unpaired) electrons. The van der Waals surface area contributed by atoms with E-state index >= 15 is 0 Å². The van der Waals surface area contributed by atoms with Crippen molar-refractivity contribution in [1.29, 1.82) is 0 Å². The summed E-state index contributed by atoms with van der Waals surface area (Å²) >= 11 is 0. The van der Waals surface area contributed by atoms with Crippen LogP contribution in [0.25, 0.3) is 0 Å². The monoisotopic (exact) mass is 186 g/mol. The second-order valence-corrected chi connectivity index (χ2v) is 3.52. The molecule has 0 atom stereocenters. The first-order valence-corrected chi connectivity index (χ1v) is 5.09. The summed E-state index contributed by atoms with van der Waals surface area (Å²) < 4.78 is 5.28. The van der Waals surface area contributed by atoms with Gasteiger partial charge >= 0.3 is 0 Å². The molecule has 0 spiro atoms. The Kier molecular flexibility index (Phi) is 3.21. The van der Waals surface area contributed by atoms with Crippen LogP contribution in [0.2, 0.25) is 0 Å². The molecule has 2 rings (SSSR count). The van der Waals surface area contributed by atoms with Crippen molar-refractivity contribution in [2.24, 2.45) is 5.92 Å². The zero-order valence-electron chi connectivity index (χ0n) is 8.20. The van der Waals surface area contributed by atoms with E-state index in [1.54, 1.807) is 0 Å². The van der Waals surface area contributed by atoms with Crippen molar-refractivity contribution in [3.63, 3.8) is 0 Å². The molecule has 1 saturated heterocycles. The van der Waals surface area contributed by atoms with Gasteiger partial charge in [-0.1, -0.05) is 30.0 Å². The van der Waals surface area contributed by atoms with Crippen LogP contribution in [-0.4, -0.2) is 13.2 Å². The van der Waals surface area contributed by atoms with Crippen LogP contribution in [0.4, 0.5) is 0 Å². The number of benzene rings is 1. The highest BCUT2D eigenvalue weighted by atomic mass is 16.5. The fraction of sp³-hybridized carbons (Fsp3) is 0.385. The Morgan fingerprint density at radius 2 is 1.79 bits per heavy atom. The third-order valence-electron chi connectivity index (χ3n) is 2.42. The highest BCUT2D eigenvalue weighted by Gasteiger charge is 2.09. The molecule has 0 aliphatic carbocycles. The molecule has 72 valence electrons. The number of hydrogen-bond donors (Lipinski definition) is 0. The quantitative estimate of drug-likeness (QED) is 0.565. The minimum absolute atomic E-state index is 0.531. The molecule has 1 heteroatoms. The predicted octanol–water partition coefficient (Wildman–Crippen LogP) is 2.46. The standard InChI is InChI=1S/C13H14O/c1-2-4-12(5-3-1)6-7-13-8-10-14-11-9-13/h1-5,13H,8-11H2. The van der Waals surface area contributed by atoms with Crippen molar-refractivity contribution < 1.29 is 4.74 Å². The SMILES string of the molecule is C(#CC1CCOCC1)c1ccccc1. The largest absolute Gasteiger partial charge is 0.381 e. The molecular weight excluding hydrogens is 172 g/mol. The summed E-state index contributed by atoms with van der Waals surface area (Å²) in [5.41, 5.74) is 1.11. The minimum Gasteiger partial charge on any atom is -0.381 e. The lowest BCUT2D eigenvalue weighted by Gasteiger charge is -2.16. The zero-order valence-corrected chi connectivity index (χ0v) is 8.20. The molecule has 1 fully saturated rings. The maximum absolute atomic E-state index is 5.28. The summed E-state index contributed by atoms with van der Waals surface area (Å²) in [6.07, 6.45) is 2.17. The number of hydrogen-bond acceptors (Lipinski definition) is 1. The van der Waals surface area contributed by atoms with Crippen molar-refractivity contribution in [1.82, 2.24) is 0 Å². The molecule has 0 unspecified atom stereocenters. The van der Waals surface area contributed by atoms with Gasteiger partial charge in [-0.15, -0.1) is 0 Å². The lowest BCUT2D eigenvalue weighted by Crippen LogP contribution is -2.13. The molecule has 1 aromatic rings. The summed E-state index contributed by atoms with van der Waals surface area (Å²) in [6, 6.07) is 10.2. The Morgan fingerprint density at radius 1 is 1.07 bits per heavy atom. The van der Waals surface area contributed by atoms with Crippen LogP contribution < -0.4 is 0 Å². The summed E-state index contributed by atoms with van der Waals surface area (Å²) in [6.45, 7) is 1.74. The summed E-state index contributed by atoms with van der Waals surface area (Å²) in [4.78, 5) is 0. The Labute approximate surface area is 85.1 Å². The van der Waals surface area contributed by atoms with Gasteiger partial charge in [-0.25, -0.2) is 0 Å². The fourth-order valence-corrected chi connectivity index (χ4v) is 1.55. The Morgan fingerprint density at radius 3 is 2.50 bits per heavy atom. The molecule has 1 aliphatic heterocycles. The van der Waals surface area contributed by atoms with Crippen molar-refractivity contribution in [3.8, 4) is 11.8 Å². The van der Waals surface area contributed by atoms with Crippen LogP contribution in [0.1, 0.15) is 18.4 Å². The van der Waals surface area contributed by atoms with Gasteiger partial charge in [-0.3, -0.25) is 0 Å². The van der Waals surface area contributed by atoms with Crippen LogP contribution in [0.15, 0.2) is 30.3 Å². The molecule has 0 N–H and O–H groups in total. The second kappa shape index (κ2) is 4.83. The second-order valence-electron chi connectivity index (χ2n) is 3.52. The van der Waals surface area contributed by atoms with Crippen molar-refractivity contribution in [2.75, 3.05) is 13.2 Å². The van der Waals surface area contributed by atoms with Gasteiger partial charge in [0.25, 0.3) is 0 Å². The molecule has 1 aliphatic rings. The molecule has 1 heterocycles. The Hall–Kier alpha value is -1.26. The first-order chi connectivity index (χ1) is 6.95. The van der Waals surface area contributed by atoms with Gasteiger partial charge in [-0.2, -0.15) is 0 Å². The molecule has 14 heavy (non-hydrogen) atoms. The van der Waals surface area contributed by atoms with E-state index in [-0.39, 0.29) is 0 Å². The van der Waals surface area contributed by atoms with Gasteiger partial charge < -0.3 is 4.74 Å². The fourth-order valence-electron chi connectivity index (χ4n) is 1.55. The lowest BCUT2D eigenvalue weighted by atomic mass is 10.0. The van der Waals surface area contributed by atoms with Gasteiger partial charge in [0.15, 0.2) is 0 Å². The lowest BCUT2D eigenvalue weighted by molar-refractivity contribution is 0.0807. The average Bonchev–Trinajstić information content (AvgIpc) is 2.29. The first-order valence-electron chi connectivity index (χ1n) is 5.09. The van der Waals surface area contributed by atoms with Gasteiger partial charge in [0.05, 0.1) is 0 Å². The van der Waals surface area contributed by atoms with Crippen molar-refractivity contribution in [2.45, 2.75) is 12.8 Å². The normalized spacial score (nSPS) is 17.1. The van der Waals surface area contributed by atoms with Crippen LogP contribution in [0, 0.1) is 17.8 Å². The average molecular weight is 186 g/mol. The van der Waals surface area contributed by atoms with E-state index in [4.69, 9.17) is 4.74 Å². The topological polar surface area (TPSA) is 9.23 Å². The van der Waals surface area contributed by atoms with Crippen LogP contribution in [0.5, 0.6) is 0 Å². The van der Waals surface area contributed by atoms with Gasteiger partial charge in [0.2, 0.25) is 0 Å². The highest BCUT2D eigenvalue weighted by molar-refractivity contribution is 5.34. The first kappa shape index (κ1) is 9.30. The van der Waals surface area contributed by atoms with Gasteiger partial charge in [0.1, 0.15) is 0 Å². The highest BCUT2D eigenvalue weighted by Crippen LogP contribution is 2.13. The molecular formula is C13H14O. The van der Waals surface area contributed by atoms with Gasteiger partial charge in [-0.05, 0) is 25.0 Å². The van der Waals surface area contributed by atoms with E-state index < -0.39 is 0 Å². The molecule has 0 bridgehead atoms. The maximum Gasteiger partial charge on any atom is 0.0477 e. The van der Waals surface area contributed by atoms with E-state index in [0.717, 1.165) is 31.6 Å². The summed E-state index contributed by atoms with van der Waals surface area (Å²) in [7, 11) is 0. The van der Waals surface area contributed by atoms with E-state index in [2.05, 4.69) is 11.8 Å². The van der Waals surface area contributed by atoms with Crippen LogP contribution in [0.3, 0.4) is 0 Å². The number of ether oxygens (including phenoxy) is 1. The third-order valence-corrected chi connectivity index (χ3v) is 2.42. The summed E-state index contributed by atoms with van der Waals surface area (Å²) in [5, 5.41) is 0. The Balaban J connectivity index is 1.99. The smallest absolute Gasteiger partial charge is 0.0477 e. The van der Waals surface area contributed by atoms with E-state index in [9.17, 15) is 0 Å². The van der Waals surface area contributed by atoms with E-state index in [0.29, 0.717) is 5.92 Å². The number of rotatable bonds is 0. The molecule has 1 nitrogen and oxygen atoms in total. The van der Waals surface area contributed by atoms with Crippen LogP contribution in [-0.2, 0) is 4.74 Å². The van der Waals surface area contributed by atoms with E-state index in [1.165, 1.54) is 0 Å². The third kappa shape index (κ3) is 2.61. The maximum atomic E-state index is 5.28. The summed E-state index contributed by atoms with van der Waals surface area (Å²) in [5.74, 6) is 7.05. The van der Waals surface area contributed by atoms with Gasteiger partial charge in [0, 0.05) is 24.7 Å². The molecule has 0 saturated carbocycles. The van der Waals surface area contributed by atoms with E-state index in [1.807, 2.05) is 30.3 Å². The van der Waals surface area contributed by atoms with Crippen molar-refractivity contribution in [3.05, 3.63) is 35.9 Å². The molecule has 0 aromatic heterocycles. The molecule has 0 amide bonds. The van der Waals surface area contributed by atoms with Crippen LogP contribution >= 0.6 is 0 Å². The predicted molar refractivity (Wildman–Crippen MR) is 56.9 cm³/mol.